The molecule has 0 unspecified atom stereocenters. The first-order valence-corrected chi connectivity index (χ1v) is 3.81. The van der Waals surface area contributed by atoms with Crippen LogP contribution in [0.15, 0.2) is 12.1 Å². The molecule has 13 heavy (non-hydrogen) atoms. The molecular weight excluding hydrogens is 219 g/mol. The van der Waals surface area contributed by atoms with Crippen molar-refractivity contribution in [3.63, 3.8) is 0 Å². The van der Waals surface area contributed by atoms with E-state index in [1.165, 1.54) is 6.07 Å². The topological polar surface area (TPSA) is 12.0 Å². The number of benzene rings is 1. The van der Waals surface area contributed by atoms with Crippen LogP contribution in [-0.4, -0.2) is 7.05 Å². The Hall–Kier alpha value is -0.380. The van der Waals surface area contributed by atoms with E-state index in [0.717, 1.165) is 6.07 Å². The van der Waals surface area contributed by atoms with Gasteiger partial charge in [0, 0.05) is 12.1 Å². The zero-order valence-corrected chi connectivity index (χ0v) is 8.48. The predicted molar refractivity (Wildman–Crippen MR) is 51.4 cm³/mol. The van der Waals surface area contributed by atoms with Crippen molar-refractivity contribution >= 4 is 24.0 Å². The maximum atomic E-state index is 13.0. The first-order chi connectivity index (χ1) is 5.66. The molecule has 0 aromatic heterocycles. The van der Waals surface area contributed by atoms with Crippen molar-refractivity contribution in [2.45, 2.75) is 6.54 Å². The number of rotatable bonds is 2. The molecule has 74 valence electrons. The SMILES string of the molecule is CNCc1c(F)ccc(Cl)c1F.Cl. The Morgan fingerprint density at radius 2 is 2.00 bits per heavy atom. The zero-order valence-electron chi connectivity index (χ0n) is 6.90. The van der Waals surface area contributed by atoms with Gasteiger partial charge in [0.15, 0.2) is 0 Å². The van der Waals surface area contributed by atoms with Gasteiger partial charge >= 0.3 is 0 Å². The molecule has 0 aliphatic rings. The van der Waals surface area contributed by atoms with Gasteiger partial charge in [0.25, 0.3) is 0 Å². The van der Waals surface area contributed by atoms with Crippen LogP contribution >= 0.6 is 24.0 Å². The van der Waals surface area contributed by atoms with Crippen LogP contribution in [0.25, 0.3) is 0 Å². The van der Waals surface area contributed by atoms with Gasteiger partial charge in [-0.05, 0) is 19.2 Å². The third kappa shape index (κ3) is 2.79. The molecule has 1 rings (SSSR count). The van der Waals surface area contributed by atoms with Crippen LogP contribution in [0.2, 0.25) is 5.02 Å². The largest absolute Gasteiger partial charge is 0.315 e. The molecule has 0 spiro atoms. The molecule has 0 saturated carbocycles. The van der Waals surface area contributed by atoms with Gasteiger partial charge in [0.05, 0.1) is 5.02 Å². The highest BCUT2D eigenvalue weighted by atomic mass is 35.5. The van der Waals surface area contributed by atoms with Crippen LogP contribution in [-0.2, 0) is 6.54 Å². The molecule has 0 radical (unpaired) electrons. The maximum absolute atomic E-state index is 13.0. The minimum Gasteiger partial charge on any atom is -0.315 e. The quantitative estimate of drug-likeness (QED) is 0.767. The van der Waals surface area contributed by atoms with Gasteiger partial charge in [-0.3, -0.25) is 0 Å². The standard InChI is InChI=1S/C8H8ClF2N.ClH/c1-12-4-5-7(10)3-2-6(9)8(5)11;/h2-3,12H,4H2,1H3;1H. The van der Waals surface area contributed by atoms with E-state index in [-0.39, 0.29) is 29.5 Å². The summed E-state index contributed by atoms with van der Waals surface area (Å²) in [6.07, 6.45) is 0. The van der Waals surface area contributed by atoms with Crippen molar-refractivity contribution in [1.29, 1.82) is 0 Å². The fourth-order valence-corrected chi connectivity index (χ4v) is 1.08. The van der Waals surface area contributed by atoms with Crippen molar-refractivity contribution in [3.8, 4) is 0 Å². The Morgan fingerprint density at radius 3 is 2.54 bits per heavy atom. The van der Waals surface area contributed by atoms with Crippen molar-refractivity contribution in [1.82, 2.24) is 5.32 Å². The third-order valence-corrected chi connectivity index (χ3v) is 1.78. The molecule has 5 heteroatoms. The monoisotopic (exact) mass is 227 g/mol. The highest BCUT2D eigenvalue weighted by Crippen LogP contribution is 2.20. The van der Waals surface area contributed by atoms with E-state index >= 15 is 0 Å². The van der Waals surface area contributed by atoms with Crippen LogP contribution in [0.4, 0.5) is 8.78 Å². The van der Waals surface area contributed by atoms with Gasteiger partial charge in [0.1, 0.15) is 11.6 Å². The van der Waals surface area contributed by atoms with Gasteiger partial charge in [0.2, 0.25) is 0 Å². The molecule has 0 aliphatic carbocycles. The van der Waals surface area contributed by atoms with E-state index in [1.54, 1.807) is 7.05 Å². The normalized spacial score (nSPS) is 9.54. The van der Waals surface area contributed by atoms with Crippen molar-refractivity contribution in [2.75, 3.05) is 7.05 Å². The van der Waals surface area contributed by atoms with Crippen molar-refractivity contribution in [2.24, 2.45) is 0 Å². The van der Waals surface area contributed by atoms with Gasteiger partial charge in [-0.25, -0.2) is 8.78 Å². The summed E-state index contributed by atoms with van der Waals surface area (Å²) in [4.78, 5) is 0. The van der Waals surface area contributed by atoms with E-state index in [9.17, 15) is 8.78 Å². The lowest BCUT2D eigenvalue weighted by Crippen LogP contribution is -2.09. The zero-order chi connectivity index (χ0) is 9.14. The summed E-state index contributed by atoms with van der Waals surface area (Å²) in [7, 11) is 1.61. The summed E-state index contributed by atoms with van der Waals surface area (Å²) >= 11 is 5.45. The molecular formula is C8H9Cl2F2N. The van der Waals surface area contributed by atoms with Crippen LogP contribution < -0.4 is 5.32 Å². The maximum Gasteiger partial charge on any atom is 0.149 e. The Bertz CT molecular complexity index is 292. The lowest BCUT2D eigenvalue weighted by Gasteiger charge is -2.04. The molecule has 0 aliphatic heterocycles. The first-order valence-electron chi connectivity index (χ1n) is 3.43. The fourth-order valence-electron chi connectivity index (χ4n) is 0.908. The average molecular weight is 228 g/mol. The van der Waals surface area contributed by atoms with Gasteiger partial charge in [-0.15, -0.1) is 12.4 Å². The molecule has 0 atom stereocenters. The molecule has 0 fully saturated rings. The average Bonchev–Trinajstić information content (AvgIpc) is 2.06. The Balaban J connectivity index is 0.00000144. The number of halogens is 4. The molecule has 0 bridgehead atoms. The van der Waals surface area contributed by atoms with Crippen LogP contribution in [0.3, 0.4) is 0 Å². The second kappa shape index (κ2) is 5.37. The molecule has 1 aromatic rings. The van der Waals surface area contributed by atoms with Crippen LogP contribution in [0.1, 0.15) is 5.56 Å². The van der Waals surface area contributed by atoms with Crippen LogP contribution in [0, 0.1) is 11.6 Å². The van der Waals surface area contributed by atoms with E-state index < -0.39 is 11.6 Å². The second-order valence-corrected chi connectivity index (χ2v) is 2.76. The molecule has 0 heterocycles. The first kappa shape index (κ1) is 12.6. The third-order valence-electron chi connectivity index (χ3n) is 1.49. The summed E-state index contributed by atoms with van der Waals surface area (Å²) in [6.45, 7) is 0.137. The van der Waals surface area contributed by atoms with Gasteiger partial charge < -0.3 is 5.32 Å². The fraction of sp³-hybridized carbons (Fsp3) is 0.250. The lowest BCUT2D eigenvalue weighted by atomic mass is 10.2. The summed E-state index contributed by atoms with van der Waals surface area (Å²) < 4.78 is 25.9. The highest BCUT2D eigenvalue weighted by Gasteiger charge is 2.10. The highest BCUT2D eigenvalue weighted by molar-refractivity contribution is 6.30. The Morgan fingerprint density at radius 1 is 1.38 bits per heavy atom. The number of hydrogen-bond donors (Lipinski definition) is 1. The smallest absolute Gasteiger partial charge is 0.149 e. The van der Waals surface area contributed by atoms with E-state index in [4.69, 9.17) is 11.6 Å². The molecule has 1 nitrogen and oxygen atoms in total. The minimum absolute atomic E-state index is 0. The minimum atomic E-state index is -0.689. The summed E-state index contributed by atoms with van der Waals surface area (Å²) in [5.74, 6) is -1.27. The summed E-state index contributed by atoms with van der Waals surface area (Å²) in [6, 6.07) is 2.35. The van der Waals surface area contributed by atoms with Gasteiger partial charge in [-0.2, -0.15) is 0 Å². The van der Waals surface area contributed by atoms with Crippen molar-refractivity contribution < 1.29 is 8.78 Å². The Labute approximate surface area is 86.5 Å². The number of nitrogens with one attached hydrogen (secondary N) is 1. The van der Waals surface area contributed by atoms with E-state index in [2.05, 4.69) is 5.32 Å². The summed E-state index contributed by atoms with van der Waals surface area (Å²) in [5, 5.41) is 2.60. The summed E-state index contributed by atoms with van der Waals surface area (Å²) in [5.41, 5.74) is -0.0231. The molecule has 1 aromatic carbocycles. The molecule has 0 saturated heterocycles. The van der Waals surface area contributed by atoms with Crippen molar-refractivity contribution in [3.05, 3.63) is 34.4 Å². The Kier molecular flexibility index (Phi) is 5.21. The lowest BCUT2D eigenvalue weighted by molar-refractivity contribution is 0.546. The van der Waals surface area contributed by atoms with Crippen LogP contribution in [0.5, 0.6) is 0 Å². The number of hydrogen-bond acceptors (Lipinski definition) is 1. The van der Waals surface area contributed by atoms with E-state index in [1.807, 2.05) is 0 Å². The second-order valence-electron chi connectivity index (χ2n) is 2.35. The molecule has 1 N–H and O–H groups in total. The van der Waals surface area contributed by atoms with Gasteiger partial charge in [-0.1, -0.05) is 11.6 Å². The van der Waals surface area contributed by atoms with E-state index in [0.29, 0.717) is 0 Å². The predicted octanol–water partition coefficient (Wildman–Crippen LogP) is 2.76. The molecule has 0 amide bonds.